The van der Waals surface area contributed by atoms with Crippen molar-refractivity contribution in [3.05, 3.63) is 24.2 Å². The number of hydrogen-bond acceptors (Lipinski definition) is 4. The van der Waals surface area contributed by atoms with Crippen molar-refractivity contribution in [2.45, 2.75) is 31.6 Å². The van der Waals surface area contributed by atoms with Crippen molar-refractivity contribution in [3.63, 3.8) is 0 Å². The highest BCUT2D eigenvalue weighted by atomic mass is 32.2. The van der Waals surface area contributed by atoms with Crippen molar-refractivity contribution in [2.24, 2.45) is 4.99 Å². The van der Waals surface area contributed by atoms with Gasteiger partial charge in [-0.15, -0.1) is 0 Å². The fraction of sp³-hybridized carbons (Fsp3) is 0.455. The Balaban J connectivity index is 1.92. The maximum atomic E-state index is 11.5. The molecule has 1 saturated heterocycles. The zero-order chi connectivity index (χ0) is 11.4. The Hall–Kier alpha value is -1.23. The average molecular weight is 238 g/mol. The molecule has 1 unspecified atom stereocenters. The van der Waals surface area contributed by atoms with Crippen LogP contribution >= 0.6 is 11.8 Å². The van der Waals surface area contributed by atoms with E-state index in [1.165, 1.54) is 11.8 Å². The van der Waals surface area contributed by atoms with E-state index in [1.54, 1.807) is 6.26 Å². The standard InChI is InChI=1S/C11H14N2O2S/c1-2-4-9-10(14)13-11(16-9)12-7-8-5-3-6-15-8/h3,5-6,9H,2,4,7H2,1H3,(H,12,13,14). The van der Waals surface area contributed by atoms with Crippen molar-refractivity contribution >= 4 is 22.8 Å². The molecule has 1 N–H and O–H groups in total. The van der Waals surface area contributed by atoms with Gasteiger partial charge >= 0.3 is 0 Å². The van der Waals surface area contributed by atoms with Crippen LogP contribution in [-0.4, -0.2) is 16.3 Å². The van der Waals surface area contributed by atoms with Crippen LogP contribution in [0.25, 0.3) is 0 Å². The SMILES string of the molecule is CCCC1SC(=NCc2ccco2)NC1=O. The molecule has 1 fully saturated rings. The van der Waals surface area contributed by atoms with E-state index in [0.717, 1.165) is 18.6 Å². The summed E-state index contributed by atoms with van der Waals surface area (Å²) >= 11 is 1.51. The Morgan fingerprint density at radius 2 is 2.50 bits per heavy atom. The fourth-order valence-electron chi connectivity index (χ4n) is 1.48. The molecule has 0 aromatic carbocycles. The van der Waals surface area contributed by atoms with Crippen LogP contribution in [0.3, 0.4) is 0 Å². The number of thioether (sulfide) groups is 1. The number of carbonyl (C=O) groups is 1. The van der Waals surface area contributed by atoms with Crippen LogP contribution in [0.1, 0.15) is 25.5 Å². The smallest absolute Gasteiger partial charge is 0.239 e. The second-order valence-corrected chi connectivity index (χ2v) is 4.78. The summed E-state index contributed by atoms with van der Waals surface area (Å²) in [4.78, 5) is 15.8. The van der Waals surface area contributed by atoms with Crippen molar-refractivity contribution in [1.82, 2.24) is 5.32 Å². The highest BCUT2D eigenvalue weighted by Gasteiger charge is 2.28. The molecular formula is C11H14N2O2S. The van der Waals surface area contributed by atoms with E-state index >= 15 is 0 Å². The van der Waals surface area contributed by atoms with E-state index in [-0.39, 0.29) is 11.2 Å². The molecule has 1 aromatic rings. The lowest BCUT2D eigenvalue weighted by Gasteiger charge is -1.99. The van der Waals surface area contributed by atoms with Gasteiger partial charge in [0.2, 0.25) is 5.91 Å². The van der Waals surface area contributed by atoms with Gasteiger partial charge in [0.25, 0.3) is 0 Å². The van der Waals surface area contributed by atoms with Crippen LogP contribution in [0.5, 0.6) is 0 Å². The van der Waals surface area contributed by atoms with Gasteiger partial charge in [0, 0.05) is 0 Å². The molecule has 0 aliphatic carbocycles. The quantitative estimate of drug-likeness (QED) is 0.874. The van der Waals surface area contributed by atoms with E-state index < -0.39 is 0 Å². The lowest BCUT2D eigenvalue weighted by Crippen LogP contribution is -2.24. The third-order valence-electron chi connectivity index (χ3n) is 2.29. The van der Waals surface area contributed by atoms with Gasteiger partial charge in [-0.25, -0.2) is 0 Å². The molecule has 2 heterocycles. The number of hydrogen-bond donors (Lipinski definition) is 1. The third-order valence-corrected chi connectivity index (χ3v) is 3.47. The first-order chi connectivity index (χ1) is 7.79. The van der Waals surface area contributed by atoms with Crippen LogP contribution in [0, 0.1) is 0 Å². The van der Waals surface area contributed by atoms with Gasteiger partial charge in [-0.3, -0.25) is 9.79 Å². The first-order valence-corrected chi connectivity index (χ1v) is 6.22. The van der Waals surface area contributed by atoms with Crippen molar-refractivity contribution in [2.75, 3.05) is 0 Å². The van der Waals surface area contributed by atoms with Gasteiger partial charge < -0.3 is 9.73 Å². The van der Waals surface area contributed by atoms with Crippen molar-refractivity contribution in [3.8, 4) is 0 Å². The summed E-state index contributed by atoms with van der Waals surface area (Å²) in [5.41, 5.74) is 0. The molecule has 0 radical (unpaired) electrons. The molecular weight excluding hydrogens is 224 g/mol. The molecule has 1 aromatic heterocycles. The monoisotopic (exact) mass is 238 g/mol. The predicted molar refractivity (Wildman–Crippen MR) is 64.3 cm³/mol. The van der Waals surface area contributed by atoms with Gasteiger partial charge in [0.15, 0.2) is 5.17 Å². The maximum Gasteiger partial charge on any atom is 0.239 e. The number of amidine groups is 1. The van der Waals surface area contributed by atoms with Gasteiger partial charge in [0.05, 0.1) is 18.1 Å². The minimum atomic E-state index is 0.0281. The van der Waals surface area contributed by atoms with Crippen molar-refractivity contribution < 1.29 is 9.21 Å². The number of aliphatic imine (C=N–C) groups is 1. The van der Waals surface area contributed by atoms with Gasteiger partial charge in [-0.05, 0) is 18.6 Å². The molecule has 5 heteroatoms. The molecule has 2 rings (SSSR count). The van der Waals surface area contributed by atoms with E-state index in [4.69, 9.17) is 4.42 Å². The van der Waals surface area contributed by atoms with E-state index in [2.05, 4.69) is 17.2 Å². The molecule has 1 amide bonds. The molecule has 86 valence electrons. The minimum Gasteiger partial charge on any atom is -0.467 e. The van der Waals surface area contributed by atoms with Gasteiger partial charge in [-0.1, -0.05) is 25.1 Å². The zero-order valence-electron chi connectivity index (χ0n) is 9.10. The molecule has 1 atom stereocenters. The second-order valence-electron chi connectivity index (χ2n) is 3.59. The number of rotatable bonds is 4. The summed E-state index contributed by atoms with van der Waals surface area (Å²) in [7, 11) is 0. The molecule has 4 nitrogen and oxygen atoms in total. The number of furan rings is 1. The minimum absolute atomic E-state index is 0.0281. The van der Waals surface area contributed by atoms with Gasteiger partial charge in [-0.2, -0.15) is 0 Å². The number of nitrogens with one attached hydrogen (secondary N) is 1. The molecule has 0 bridgehead atoms. The summed E-state index contributed by atoms with van der Waals surface area (Å²) in [5.74, 6) is 0.881. The van der Waals surface area contributed by atoms with Crippen LogP contribution in [0.2, 0.25) is 0 Å². The molecule has 0 spiro atoms. The first kappa shape index (κ1) is 11.3. The largest absolute Gasteiger partial charge is 0.467 e. The summed E-state index contributed by atoms with van der Waals surface area (Å²) in [6.45, 7) is 2.56. The van der Waals surface area contributed by atoms with Crippen LogP contribution in [0.4, 0.5) is 0 Å². The van der Waals surface area contributed by atoms with E-state index in [9.17, 15) is 4.79 Å². The Morgan fingerprint density at radius 3 is 3.19 bits per heavy atom. The summed E-state index contributed by atoms with van der Waals surface area (Å²) in [6, 6.07) is 3.70. The summed E-state index contributed by atoms with van der Waals surface area (Å²) in [5, 5.41) is 3.52. The average Bonchev–Trinajstić information content (AvgIpc) is 2.87. The molecule has 1 aliphatic rings. The number of carbonyl (C=O) groups excluding carboxylic acids is 1. The third kappa shape index (κ3) is 2.66. The highest BCUT2D eigenvalue weighted by molar-refractivity contribution is 8.15. The summed E-state index contributed by atoms with van der Waals surface area (Å²) < 4.78 is 5.17. The maximum absolute atomic E-state index is 11.5. The zero-order valence-corrected chi connectivity index (χ0v) is 9.92. The number of amides is 1. The lowest BCUT2D eigenvalue weighted by molar-refractivity contribution is -0.118. The van der Waals surface area contributed by atoms with Crippen LogP contribution in [0.15, 0.2) is 27.8 Å². The highest BCUT2D eigenvalue weighted by Crippen LogP contribution is 2.23. The summed E-state index contributed by atoms with van der Waals surface area (Å²) in [6.07, 6.45) is 3.53. The molecule has 16 heavy (non-hydrogen) atoms. The normalized spacial score (nSPS) is 22.7. The fourth-order valence-corrected chi connectivity index (χ4v) is 2.57. The first-order valence-electron chi connectivity index (χ1n) is 5.34. The van der Waals surface area contributed by atoms with Crippen molar-refractivity contribution in [1.29, 1.82) is 0 Å². The lowest BCUT2D eigenvalue weighted by atomic mass is 10.2. The topological polar surface area (TPSA) is 54.6 Å². The van der Waals surface area contributed by atoms with Gasteiger partial charge in [0.1, 0.15) is 5.76 Å². The Morgan fingerprint density at radius 1 is 1.62 bits per heavy atom. The molecule has 1 aliphatic heterocycles. The predicted octanol–water partition coefficient (Wildman–Crippen LogP) is 2.17. The van der Waals surface area contributed by atoms with E-state index in [0.29, 0.717) is 11.7 Å². The van der Waals surface area contributed by atoms with Crippen LogP contribution < -0.4 is 5.32 Å². The Labute approximate surface area is 98.5 Å². The number of nitrogens with zero attached hydrogens (tertiary/aromatic N) is 1. The van der Waals surface area contributed by atoms with E-state index in [1.807, 2.05) is 12.1 Å². The second kappa shape index (κ2) is 5.21. The Kier molecular flexibility index (Phi) is 3.66. The van der Waals surface area contributed by atoms with Crippen LogP contribution in [-0.2, 0) is 11.3 Å². The molecule has 0 saturated carbocycles. The Bertz CT molecular complexity index is 387.